The Labute approximate surface area is 144 Å². The number of carbonyl (C=O) groups is 2. The molecular formula is C18H20N2O5. The van der Waals surface area contributed by atoms with Gasteiger partial charge in [-0.3, -0.25) is 9.59 Å². The molecular weight excluding hydrogens is 324 g/mol. The van der Waals surface area contributed by atoms with Crippen molar-refractivity contribution in [2.45, 2.75) is 25.9 Å². The van der Waals surface area contributed by atoms with E-state index < -0.39 is 0 Å². The summed E-state index contributed by atoms with van der Waals surface area (Å²) in [5.41, 5.74) is 1.40. The molecule has 0 bridgehead atoms. The molecule has 7 nitrogen and oxygen atoms in total. The van der Waals surface area contributed by atoms with Crippen LogP contribution in [0.4, 0.5) is 0 Å². The summed E-state index contributed by atoms with van der Waals surface area (Å²) in [4.78, 5) is 23.5. The normalized spacial score (nSPS) is 10.2. The molecule has 25 heavy (non-hydrogen) atoms. The Morgan fingerprint density at radius 1 is 0.760 bits per heavy atom. The number of nitrogens with one attached hydrogen (secondary N) is 2. The predicted molar refractivity (Wildman–Crippen MR) is 90.8 cm³/mol. The Morgan fingerprint density at radius 2 is 1.36 bits per heavy atom. The van der Waals surface area contributed by atoms with E-state index in [-0.39, 0.29) is 55.0 Å². The van der Waals surface area contributed by atoms with E-state index in [0.29, 0.717) is 5.56 Å². The summed E-state index contributed by atoms with van der Waals surface area (Å²) in [7, 11) is 0. The zero-order chi connectivity index (χ0) is 18.2. The van der Waals surface area contributed by atoms with Gasteiger partial charge in [0.05, 0.1) is 0 Å². The first kappa shape index (κ1) is 18.1. The number of carbonyl (C=O) groups excluding carboxylic acids is 2. The highest BCUT2D eigenvalue weighted by atomic mass is 16.3. The summed E-state index contributed by atoms with van der Waals surface area (Å²) in [5, 5.41) is 33.3. The molecule has 0 aromatic heterocycles. The number of benzene rings is 2. The molecule has 0 saturated heterocycles. The van der Waals surface area contributed by atoms with Crippen LogP contribution in [0.3, 0.4) is 0 Å². The first-order chi connectivity index (χ1) is 11.9. The molecule has 2 amide bonds. The van der Waals surface area contributed by atoms with Crippen molar-refractivity contribution in [3.63, 3.8) is 0 Å². The van der Waals surface area contributed by atoms with Crippen molar-refractivity contribution < 1.29 is 24.9 Å². The standard InChI is InChI=1S/C18H20N2O5/c21-14-3-1-2-12(8-14)10-19-17(24)6-7-18(25)20-11-13-4-5-15(22)16(23)9-13/h1-5,8-9,21-23H,6-7,10-11H2,(H,19,24)(H,20,25). The van der Waals surface area contributed by atoms with Gasteiger partial charge < -0.3 is 26.0 Å². The summed E-state index contributed by atoms with van der Waals surface area (Å²) in [6.07, 6.45) is 0.0847. The van der Waals surface area contributed by atoms with E-state index in [9.17, 15) is 24.9 Å². The van der Waals surface area contributed by atoms with Gasteiger partial charge >= 0.3 is 0 Å². The zero-order valence-electron chi connectivity index (χ0n) is 13.5. The molecule has 0 heterocycles. The van der Waals surface area contributed by atoms with Crippen LogP contribution in [0.1, 0.15) is 24.0 Å². The lowest BCUT2D eigenvalue weighted by molar-refractivity contribution is -0.126. The number of phenols is 3. The van der Waals surface area contributed by atoms with Gasteiger partial charge in [0.15, 0.2) is 11.5 Å². The second-order valence-corrected chi connectivity index (χ2v) is 5.55. The molecule has 7 heteroatoms. The zero-order valence-corrected chi connectivity index (χ0v) is 13.5. The van der Waals surface area contributed by atoms with Crippen molar-refractivity contribution in [3.05, 3.63) is 53.6 Å². The molecule has 0 spiro atoms. The molecule has 0 aliphatic heterocycles. The molecule has 0 fully saturated rings. The van der Waals surface area contributed by atoms with E-state index in [2.05, 4.69) is 10.6 Å². The second kappa shape index (κ2) is 8.58. The Morgan fingerprint density at radius 3 is 1.92 bits per heavy atom. The SMILES string of the molecule is O=C(CCC(=O)NCc1ccc(O)c(O)c1)NCc1cccc(O)c1. The minimum Gasteiger partial charge on any atom is -0.508 e. The molecule has 132 valence electrons. The topological polar surface area (TPSA) is 119 Å². The molecule has 0 unspecified atom stereocenters. The maximum atomic E-state index is 11.8. The largest absolute Gasteiger partial charge is 0.508 e. The van der Waals surface area contributed by atoms with Crippen molar-refractivity contribution in [3.8, 4) is 17.2 Å². The van der Waals surface area contributed by atoms with Gasteiger partial charge in [-0.15, -0.1) is 0 Å². The first-order valence-corrected chi connectivity index (χ1v) is 7.76. The first-order valence-electron chi connectivity index (χ1n) is 7.76. The van der Waals surface area contributed by atoms with Crippen LogP contribution in [0.5, 0.6) is 17.2 Å². The fraction of sp³-hybridized carbons (Fsp3) is 0.222. The number of amides is 2. The Kier molecular flexibility index (Phi) is 6.22. The second-order valence-electron chi connectivity index (χ2n) is 5.55. The highest BCUT2D eigenvalue weighted by molar-refractivity contribution is 5.83. The van der Waals surface area contributed by atoms with Crippen LogP contribution in [0.15, 0.2) is 42.5 Å². The minimum atomic E-state index is -0.292. The minimum absolute atomic E-state index is 0.0376. The highest BCUT2D eigenvalue weighted by Crippen LogP contribution is 2.24. The van der Waals surface area contributed by atoms with Crippen molar-refractivity contribution in [2.75, 3.05) is 0 Å². The Bertz CT molecular complexity index is 761. The highest BCUT2D eigenvalue weighted by Gasteiger charge is 2.08. The third-order valence-corrected chi connectivity index (χ3v) is 3.51. The third-order valence-electron chi connectivity index (χ3n) is 3.51. The number of hydrogen-bond donors (Lipinski definition) is 5. The number of rotatable bonds is 7. The van der Waals surface area contributed by atoms with Crippen LogP contribution >= 0.6 is 0 Å². The lowest BCUT2D eigenvalue weighted by Crippen LogP contribution is -2.27. The number of phenolic OH excluding ortho intramolecular Hbond substituents is 3. The van der Waals surface area contributed by atoms with Gasteiger partial charge in [0.25, 0.3) is 0 Å². The van der Waals surface area contributed by atoms with Crippen LogP contribution in [0.25, 0.3) is 0 Å². The Hall–Kier alpha value is -3.22. The van der Waals surface area contributed by atoms with Gasteiger partial charge in [-0.25, -0.2) is 0 Å². The molecule has 0 aliphatic carbocycles. The maximum absolute atomic E-state index is 11.8. The smallest absolute Gasteiger partial charge is 0.220 e. The summed E-state index contributed by atoms with van der Waals surface area (Å²) in [6, 6.07) is 10.8. The van der Waals surface area contributed by atoms with Gasteiger partial charge in [0, 0.05) is 25.9 Å². The fourth-order valence-electron chi connectivity index (χ4n) is 2.15. The van der Waals surface area contributed by atoms with Crippen LogP contribution < -0.4 is 10.6 Å². The predicted octanol–water partition coefficient (Wildman–Crippen LogP) is 1.52. The van der Waals surface area contributed by atoms with E-state index >= 15 is 0 Å². The third kappa shape index (κ3) is 6.06. The number of aromatic hydroxyl groups is 3. The average molecular weight is 344 g/mol. The van der Waals surface area contributed by atoms with E-state index in [1.54, 1.807) is 30.3 Å². The maximum Gasteiger partial charge on any atom is 0.220 e. The quantitative estimate of drug-likeness (QED) is 0.488. The summed E-state index contributed by atoms with van der Waals surface area (Å²) < 4.78 is 0. The van der Waals surface area contributed by atoms with Crippen LogP contribution in [-0.4, -0.2) is 27.1 Å². The van der Waals surface area contributed by atoms with Crippen molar-refractivity contribution >= 4 is 11.8 Å². The van der Waals surface area contributed by atoms with E-state index in [0.717, 1.165) is 5.56 Å². The molecule has 0 radical (unpaired) electrons. The van der Waals surface area contributed by atoms with Crippen molar-refractivity contribution in [1.82, 2.24) is 10.6 Å². The van der Waals surface area contributed by atoms with Crippen molar-refractivity contribution in [2.24, 2.45) is 0 Å². The molecule has 0 atom stereocenters. The molecule has 0 saturated carbocycles. The Balaban J connectivity index is 1.68. The summed E-state index contributed by atoms with van der Waals surface area (Å²) in [6.45, 7) is 0.471. The van der Waals surface area contributed by atoms with E-state index in [1.807, 2.05) is 0 Å². The van der Waals surface area contributed by atoms with E-state index in [1.165, 1.54) is 12.1 Å². The summed E-state index contributed by atoms with van der Waals surface area (Å²) in [5.74, 6) is -0.899. The van der Waals surface area contributed by atoms with Gasteiger partial charge in [-0.2, -0.15) is 0 Å². The van der Waals surface area contributed by atoms with Gasteiger partial charge in [-0.1, -0.05) is 18.2 Å². The van der Waals surface area contributed by atoms with Crippen LogP contribution in [0.2, 0.25) is 0 Å². The monoisotopic (exact) mass is 344 g/mol. The summed E-state index contributed by atoms with van der Waals surface area (Å²) >= 11 is 0. The molecule has 2 rings (SSSR count). The molecule has 5 N–H and O–H groups in total. The van der Waals surface area contributed by atoms with Crippen LogP contribution in [-0.2, 0) is 22.7 Å². The average Bonchev–Trinajstić information content (AvgIpc) is 2.59. The van der Waals surface area contributed by atoms with Gasteiger partial charge in [0.2, 0.25) is 11.8 Å². The molecule has 0 aliphatic rings. The lowest BCUT2D eigenvalue weighted by Gasteiger charge is -2.08. The fourth-order valence-corrected chi connectivity index (χ4v) is 2.15. The molecule has 2 aromatic rings. The van der Waals surface area contributed by atoms with Crippen molar-refractivity contribution in [1.29, 1.82) is 0 Å². The van der Waals surface area contributed by atoms with Gasteiger partial charge in [0.1, 0.15) is 5.75 Å². The number of hydrogen-bond acceptors (Lipinski definition) is 5. The van der Waals surface area contributed by atoms with Crippen LogP contribution in [0, 0.1) is 0 Å². The van der Waals surface area contributed by atoms with E-state index in [4.69, 9.17) is 0 Å². The van der Waals surface area contributed by atoms with Gasteiger partial charge in [-0.05, 0) is 35.4 Å². The lowest BCUT2D eigenvalue weighted by atomic mass is 10.2. The molecule has 2 aromatic carbocycles.